The fraction of sp³-hybridized carbons (Fsp3) is 0.200. The molecule has 1 aromatic heterocycles. The molecule has 2 aromatic rings. The first-order valence-electron chi connectivity index (χ1n) is 4.49. The van der Waals surface area contributed by atoms with Crippen LogP contribution in [0.5, 0.6) is 0 Å². The van der Waals surface area contributed by atoms with E-state index in [1.165, 1.54) is 23.5 Å². The van der Waals surface area contributed by atoms with Crippen LogP contribution >= 0.6 is 11.3 Å². The van der Waals surface area contributed by atoms with Gasteiger partial charge in [0.15, 0.2) is 0 Å². The molecule has 84 valence electrons. The molecule has 6 heteroatoms. The molecule has 0 aliphatic carbocycles. The Kier molecular flexibility index (Phi) is 3.12. The van der Waals surface area contributed by atoms with Crippen LogP contribution in [0.15, 0.2) is 18.2 Å². The highest BCUT2D eigenvalue weighted by molar-refractivity contribution is 7.18. The summed E-state index contributed by atoms with van der Waals surface area (Å²) in [5, 5.41) is 9.02. The van der Waals surface area contributed by atoms with Crippen LogP contribution in [-0.2, 0) is 16.1 Å². The minimum atomic E-state index is -1.02. The van der Waals surface area contributed by atoms with E-state index in [9.17, 15) is 9.18 Å². The van der Waals surface area contributed by atoms with Crippen molar-refractivity contribution in [1.29, 1.82) is 0 Å². The number of carboxylic acid groups (broad SMARTS) is 1. The lowest BCUT2D eigenvalue weighted by atomic mass is 10.3. The van der Waals surface area contributed by atoms with Gasteiger partial charge >= 0.3 is 5.97 Å². The molecule has 0 fully saturated rings. The number of aromatic nitrogens is 1. The predicted octanol–water partition coefficient (Wildman–Crippen LogP) is 2.04. The van der Waals surface area contributed by atoms with Gasteiger partial charge in [-0.25, -0.2) is 14.2 Å². The summed E-state index contributed by atoms with van der Waals surface area (Å²) in [6, 6.07) is 4.35. The van der Waals surface area contributed by atoms with Crippen molar-refractivity contribution in [3.63, 3.8) is 0 Å². The zero-order chi connectivity index (χ0) is 11.5. The van der Waals surface area contributed by atoms with Gasteiger partial charge in [0.05, 0.1) is 16.8 Å². The fourth-order valence-electron chi connectivity index (χ4n) is 1.24. The summed E-state index contributed by atoms with van der Waals surface area (Å²) >= 11 is 1.36. The topological polar surface area (TPSA) is 59.4 Å². The third-order valence-corrected chi connectivity index (χ3v) is 2.85. The van der Waals surface area contributed by atoms with E-state index < -0.39 is 5.97 Å². The number of aliphatic carboxylic acids is 1. The van der Waals surface area contributed by atoms with Crippen molar-refractivity contribution in [1.82, 2.24) is 4.98 Å². The van der Waals surface area contributed by atoms with Crippen LogP contribution in [0, 0.1) is 5.82 Å². The highest BCUT2D eigenvalue weighted by atomic mass is 32.1. The fourth-order valence-corrected chi connectivity index (χ4v) is 2.12. The zero-order valence-corrected chi connectivity index (χ0v) is 8.96. The molecule has 0 radical (unpaired) electrons. The first-order valence-corrected chi connectivity index (χ1v) is 5.31. The van der Waals surface area contributed by atoms with E-state index in [2.05, 4.69) is 4.98 Å². The molecular formula is C10H8FNO3S. The van der Waals surface area contributed by atoms with Crippen LogP contribution in [0.25, 0.3) is 10.2 Å². The molecule has 0 aliphatic heterocycles. The smallest absolute Gasteiger partial charge is 0.329 e. The predicted molar refractivity (Wildman–Crippen MR) is 56.9 cm³/mol. The van der Waals surface area contributed by atoms with Crippen molar-refractivity contribution in [2.75, 3.05) is 6.61 Å². The monoisotopic (exact) mass is 241 g/mol. The second-order valence-corrected chi connectivity index (χ2v) is 4.22. The molecule has 1 heterocycles. The number of fused-ring (bicyclic) bond motifs is 1. The molecule has 0 amide bonds. The van der Waals surface area contributed by atoms with E-state index in [1.807, 2.05) is 0 Å². The van der Waals surface area contributed by atoms with Gasteiger partial charge in [0.1, 0.15) is 17.4 Å². The van der Waals surface area contributed by atoms with E-state index in [0.717, 1.165) is 4.70 Å². The maximum atomic E-state index is 12.9. The Labute approximate surface area is 94.3 Å². The molecule has 0 saturated carbocycles. The number of nitrogens with zero attached hydrogens (tertiary/aromatic N) is 1. The van der Waals surface area contributed by atoms with Gasteiger partial charge in [-0.1, -0.05) is 0 Å². The first-order chi connectivity index (χ1) is 7.65. The number of ether oxygens (including phenoxy) is 1. The molecule has 4 nitrogen and oxygen atoms in total. The minimum Gasteiger partial charge on any atom is -0.480 e. The second-order valence-electron chi connectivity index (χ2n) is 3.11. The molecule has 2 rings (SSSR count). The standard InChI is InChI=1S/C10H8FNO3S/c11-6-1-2-8-7(3-6)12-9(16-8)4-15-5-10(13)14/h1-3H,4-5H2,(H,13,14). The van der Waals surface area contributed by atoms with Crippen molar-refractivity contribution in [3.8, 4) is 0 Å². The molecule has 0 aliphatic rings. The Hall–Kier alpha value is -1.53. The van der Waals surface area contributed by atoms with Gasteiger partial charge in [-0.2, -0.15) is 0 Å². The summed E-state index contributed by atoms with van der Waals surface area (Å²) in [7, 11) is 0. The third kappa shape index (κ3) is 2.53. The van der Waals surface area contributed by atoms with Gasteiger partial charge in [0.25, 0.3) is 0 Å². The molecule has 16 heavy (non-hydrogen) atoms. The molecular weight excluding hydrogens is 233 g/mol. The highest BCUT2D eigenvalue weighted by Crippen LogP contribution is 2.23. The summed E-state index contributed by atoms with van der Waals surface area (Å²) in [5.41, 5.74) is 0.568. The van der Waals surface area contributed by atoms with Gasteiger partial charge in [0.2, 0.25) is 0 Å². The highest BCUT2D eigenvalue weighted by Gasteiger charge is 2.05. The average Bonchev–Trinajstić information content (AvgIpc) is 2.58. The van der Waals surface area contributed by atoms with Crippen molar-refractivity contribution in [2.45, 2.75) is 6.61 Å². The lowest BCUT2D eigenvalue weighted by Crippen LogP contribution is -2.06. The number of halogens is 1. The SMILES string of the molecule is O=C(O)COCc1nc2cc(F)ccc2s1. The molecule has 0 saturated heterocycles. The Morgan fingerprint density at radius 1 is 1.56 bits per heavy atom. The van der Waals surface area contributed by atoms with Gasteiger partial charge in [-0.3, -0.25) is 0 Å². The second kappa shape index (κ2) is 4.54. The van der Waals surface area contributed by atoms with E-state index in [4.69, 9.17) is 9.84 Å². The van der Waals surface area contributed by atoms with Crippen LogP contribution in [0.2, 0.25) is 0 Å². The summed E-state index contributed by atoms with van der Waals surface area (Å²) in [4.78, 5) is 14.3. The van der Waals surface area contributed by atoms with E-state index in [-0.39, 0.29) is 19.0 Å². The van der Waals surface area contributed by atoms with E-state index in [1.54, 1.807) is 6.07 Å². The number of hydrogen-bond donors (Lipinski definition) is 1. The summed E-state index contributed by atoms with van der Waals surface area (Å²) in [6.45, 7) is -0.225. The van der Waals surface area contributed by atoms with Gasteiger partial charge in [-0.05, 0) is 12.1 Å². The molecule has 0 unspecified atom stereocenters. The molecule has 1 N–H and O–H groups in total. The lowest BCUT2D eigenvalue weighted by molar-refractivity contribution is -0.142. The number of rotatable bonds is 4. The normalized spacial score (nSPS) is 10.8. The van der Waals surface area contributed by atoms with Crippen molar-refractivity contribution in [2.24, 2.45) is 0 Å². The quantitative estimate of drug-likeness (QED) is 0.889. The number of carbonyl (C=O) groups is 1. The molecule has 1 aromatic carbocycles. The van der Waals surface area contributed by atoms with Crippen molar-refractivity contribution >= 4 is 27.5 Å². The number of thiazole rings is 1. The maximum Gasteiger partial charge on any atom is 0.329 e. The summed E-state index contributed by atoms with van der Waals surface area (Å²) in [5.74, 6) is -1.36. The van der Waals surface area contributed by atoms with Crippen LogP contribution < -0.4 is 0 Å². The Bertz CT molecular complexity index is 526. The molecule has 0 bridgehead atoms. The lowest BCUT2D eigenvalue weighted by Gasteiger charge is -1.95. The van der Waals surface area contributed by atoms with Crippen LogP contribution in [0.3, 0.4) is 0 Å². The first kappa shape index (κ1) is 11.0. The average molecular weight is 241 g/mol. The molecule has 0 spiro atoms. The van der Waals surface area contributed by atoms with E-state index >= 15 is 0 Å². The summed E-state index contributed by atoms with van der Waals surface area (Å²) in [6.07, 6.45) is 0. The Morgan fingerprint density at radius 3 is 3.12 bits per heavy atom. The van der Waals surface area contributed by atoms with Crippen molar-refractivity contribution < 1.29 is 19.0 Å². The number of hydrogen-bond acceptors (Lipinski definition) is 4. The summed E-state index contributed by atoms with van der Waals surface area (Å²) < 4.78 is 18.6. The zero-order valence-electron chi connectivity index (χ0n) is 8.14. The number of carboxylic acids is 1. The molecule has 0 atom stereocenters. The van der Waals surface area contributed by atoms with Gasteiger partial charge in [-0.15, -0.1) is 11.3 Å². The largest absolute Gasteiger partial charge is 0.480 e. The van der Waals surface area contributed by atoms with Crippen LogP contribution in [0.1, 0.15) is 5.01 Å². The Morgan fingerprint density at radius 2 is 2.38 bits per heavy atom. The van der Waals surface area contributed by atoms with Crippen molar-refractivity contribution in [3.05, 3.63) is 29.0 Å². The Balaban J connectivity index is 2.10. The minimum absolute atomic E-state index is 0.132. The van der Waals surface area contributed by atoms with E-state index in [0.29, 0.717) is 10.5 Å². The van der Waals surface area contributed by atoms with Gasteiger partial charge < -0.3 is 9.84 Å². The maximum absolute atomic E-state index is 12.9. The van der Waals surface area contributed by atoms with Crippen LogP contribution in [-0.4, -0.2) is 22.7 Å². The van der Waals surface area contributed by atoms with Gasteiger partial charge in [0, 0.05) is 6.07 Å². The third-order valence-electron chi connectivity index (χ3n) is 1.84. The van der Waals surface area contributed by atoms with Crippen LogP contribution in [0.4, 0.5) is 4.39 Å². The number of benzene rings is 1.